The van der Waals surface area contributed by atoms with E-state index in [9.17, 15) is 0 Å². The summed E-state index contributed by atoms with van der Waals surface area (Å²) in [6.07, 6.45) is 10.5. The van der Waals surface area contributed by atoms with E-state index in [1.165, 1.54) is 0 Å². The minimum absolute atomic E-state index is 0.738. The van der Waals surface area contributed by atoms with Gasteiger partial charge in [-0.2, -0.15) is 0 Å². The first-order chi connectivity index (χ1) is 5.41. The van der Waals surface area contributed by atoms with Crippen LogP contribution in [0.2, 0.25) is 0 Å². The van der Waals surface area contributed by atoms with Crippen LogP contribution in [0.15, 0.2) is 24.3 Å². The molecule has 0 atom stereocenters. The molecule has 1 nitrogen and oxygen atoms in total. The van der Waals surface area contributed by atoms with Gasteiger partial charge in [0.1, 0.15) is 0 Å². The van der Waals surface area contributed by atoms with Crippen molar-refractivity contribution in [3.05, 3.63) is 24.3 Å². The zero-order valence-corrected chi connectivity index (χ0v) is 7.55. The summed E-state index contributed by atoms with van der Waals surface area (Å²) in [5, 5.41) is 0. The predicted octanol–water partition coefficient (Wildman–Crippen LogP) is 2.94. The molecule has 0 heterocycles. The van der Waals surface area contributed by atoms with Gasteiger partial charge in [-0.25, -0.2) is 0 Å². The molecule has 0 radical (unpaired) electrons. The summed E-state index contributed by atoms with van der Waals surface area (Å²) in [5.41, 5.74) is 0. The van der Waals surface area contributed by atoms with Crippen molar-refractivity contribution in [2.45, 2.75) is 26.7 Å². The van der Waals surface area contributed by atoms with Crippen molar-refractivity contribution in [2.75, 3.05) is 13.2 Å². The maximum absolute atomic E-state index is 5.26. The number of allylic oxidation sites excluding steroid dienone is 2. The van der Waals surface area contributed by atoms with Gasteiger partial charge in [-0.1, -0.05) is 38.2 Å². The molecule has 0 saturated carbocycles. The van der Waals surface area contributed by atoms with Gasteiger partial charge >= 0.3 is 0 Å². The van der Waals surface area contributed by atoms with Gasteiger partial charge in [0.05, 0.1) is 13.2 Å². The van der Waals surface area contributed by atoms with Crippen LogP contribution in [-0.4, -0.2) is 13.2 Å². The average molecular weight is 154 g/mol. The Morgan fingerprint density at radius 2 is 1.27 bits per heavy atom. The lowest BCUT2D eigenvalue weighted by molar-refractivity contribution is 0.193. The Bertz CT molecular complexity index is 100. The lowest BCUT2D eigenvalue weighted by atomic mass is 10.4. The van der Waals surface area contributed by atoms with Crippen LogP contribution in [0.25, 0.3) is 0 Å². The monoisotopic (exact) mass is 154 g/mol. The molecule has 0 N–H and O–H groups in total. The van der Waals surface area contributed by atoms with Gasteiger partial charge in [0, 0.05) is 0 Å². The molecule has 0 aromatic carbocycles. The topological polar surface area (TPSA) is 9.23 Å². The maximum Gasteiger partial charge on any atom is 0.0651 e. The number of ether oxygens (including phenoxy) is 1. The van der Waals surface area contributed by atoms with E-state index >= 15 is 0 Å². The first-order valence-electron chi connectivity index (χ1n) is 4.29. The van der Waals surface area contributed by atoms with E-state index in [-0.39, 0.29) is 0 Å². The molecule has 0 fully saturated rings. The Hall–Kier alpha value is -0.560. The molecule has 0 bridgehead atoms. The van der Waals surface area contributed by atoms with E-state index in [1.807, 2.05) is 0 Å². The molecular formula is C10H18O. The Labute approximate surface area is 69.8 Å². The zero-order chi connectivity index (χ0) is 8.36. The summed E-state index contributed by atoms with van der Waals surface area (Å²) >= 11 is 0. The van der Waals surface area contributed by atoms with Crippen LogP contribution < -0.4 is 0 Å². The molecule has 0 unspecified atom stereocenters. The number of hydrogen-bond donors (Lipinski definition) is 0. The van der Waals surface area contributed by atoms with Crippen molar-refractivity contribution in [2.24, 2.45) is 0 Å². The predicted molar refractivity (Wildman–Crippen MR) is 49.7 cm³/mol. The van der Waals surface area contributed by atoms with Crippen molar-refractivity contribution < 1.29 is 4.74 Å². The highest BCUT2D eigenvalue weighted by Gasteiger charge is 1.76. The molecule has 0 spiro atoms. The number of hydrogen-bond acceptors (Lipinski definition) is 1. The van der Waals surface area contributed by atoms with Gasteiger partial charge in [-0.05, 0) is 12.8 Å². The molecule has 0 rings (SSSR count). The Balaban J connectivity index is 3.02. The van der Waals surface area contributed by atoms with Gasteiger partial charge in [-0.15, -0.1) is 0 Å². The highest BCUT2D eigenvalue weighted by atomic mass is 16.5. The van der Waals surface area contributed by atoms with E-state index in [0.29, 0.717) is 0 Å². The second-order valence-corrected chi connectivity index (χ2v) is 2.30. The normalized spacial score (nSPS) is 11.8. The average Bonchev–Trinajstić information content (AvgIpc) is 2.03. The first-order valence-corrected chi connectivity index (χ1v) is 4.29. The van der Waals surface area contributed by atoms with E-state index in [2.05, 4.69) is 38.2 Å². The second-order valence-electron chi connectivity index (χ2n) is 2.30. The van der Waals surface area contributed by atoms with E-state index in [1.54, 1.807) is 0 Å². The van der Waals surface area contributed by atoms with Crippen LogP contribution in [-0.2, 0) is 4.74 Å². The Kier molecular flexibility index (Phi) is 8.96. The molecule has 11 heavy (non-hydrogen) atoms. The highest BCUT2D eigenvalue weighted by molar-refractivity contribution is 4.82. The molecular weight excluding hydrogens is 136 g/mol. The van der Waals surface area contributed by atoms with Crippen LogP contribution >= 0.6 is 0 Å². The molecule has 0 aromatic heterocycles. The summed E-state index contributed by atoms with van der Waals surface area (Å²) < 4.78 is 5.26. The quantitative estimate of drug-likeness (QED) is 0.422. The molecule has 0 aliphatic heterocycles. The summed E-state index contributed by atoms with van der Waals surface area (Å²) in [6.45, 7) is 5.71. The van der Waals surface area contributed by atoms with Gasteiger partial charge in [0.25, 0.3) is 0 Å². The van der Waals surface area contributed by atoms with Gasteiger partial charge < -0.3 is 4.74 Å². The molecule has 64 valence electrons. The standard InChI is InChI=1S/C10H18O/c1-3-5-7-9-11-10-8-6-4-2/h5-8H,3-4,9-10H2,1-2H3. The molecule has 0 aliphatic rings. The second kappa shape index (κ2) is 9.44. The molecule has 0 aliphatic carbocycles. The third-order valence-corrected chi connectivity index (χ3v) is 1.23. The van der Waals surface area contributed by atoms with Gasteiger partial charge in [0.15, 0.2) is 0 Å². The highest BCUT2D eigenvalue weighted by Crippen LogP contribution is 1.84. The van der Waals surface area contributed by atoms with Crippen LogP contribution in [0, 0.1) is 0 Å². The minimum Gasteiger partial charge on any atom is -0.373 e. The fourth-order valence-electron chi connectivity index (χ4n) is 0.674. The van der Waals surface area contributed by atoms with Crippen molar-refractivity contribution in [3.63, 3.8) is 0 Å². The summed E-state index contributed by atoms with van der Waals surface area (Å²) in [5.74, 6) is 0. The lowest BCUT2D eigenvalue weighted by Gasteiger charge is -1.93. The van der Waals surface area contributed by atoms with Crippen molar-refractivity contribution in [3.8, 4) is 0 Å². The summed E-state index contributed by atoms with van der Waals surface area (Å²) in [4.78, 5) is 0. The third-order valence-electron chi connectivity index (χ3n) is 1.23. The maximum atomic E-state index is 5.26. The van der Waals surface area contributed by atoms with Crippen LogP contribution in [0.1, 0.15) is 26.7 Å². The molecule has 0 amide bonds. The summed E-state index contributed by atoms with van der Waals surface area (Å²) in [6, 6.07) is 0. The molecule has 0 aromatic rings. The number of rotatable bonds is 6. The molecule has 0 saturated heterocycles. The van der Waals surface area contributed by atoms with Crippen LogP contribution in [0.3, 0.4) is 0 Å². The Morgan fingerprint density at radius 1 is 0.818 bits per heavy atom. The third kappa shape index (κ3) is 9.44. The fourth-order valence-corrected chi connectivity index (χ4v) is 0.674. The van der Waals surface area contributed by atoms with Crippen molar-refractivity contribution in [1.29, 1.82) is 0 Å². The van der Waals surface area contributed by atoms with E-state index < -0.39 is 0 Å². The zero-order valence-electron chi connectivity index (χ0n) is 7.55. The van der Waals surface area contributed by atoms with Crippen molar-refractivity contribution in [1.82, 2.24) is 0 Å². The SMILES string of the molecule is CCC=CCOCC=CCC. The van der Waals surface area contributed by atoms with Gasteiger partial charge in [-0.3, -0.25) is 0 Å². The molecule has 1 heteroatoms. The van der Waals surface area contributed by atoms with Gasteiger partial charge in [0.2, 0.25) is 0 Å². The minimum atomic E-state index is 0.738. The summed E-state index contributed by atoms with van der Waals surface area (Å²) in [7, 11) is 0. The smallest absolute Gasteiger partial charge is 0.0651 e. The fraction of sp³-hybridized carbons (Fsp3) is 0.600. The Morgan fingerprint density at radius 3 is 1.64 bits per heavy atom. The van der Waals surface area contributed by atoms with Crippen LogP contribution in [0.4, 0.5) is 0 Å². The largest absolute Gasteiger partial charge is 0.373 e. The van der Waals surface area contributed by atoms with Crippen molar-refractivity contribution >= 4 is 0 Å². The van der Waals surface area contributed by atoms with E-state index in [0.717, 1.165) is 26.1 Å². The lowest BCUT2D eigenvalue weighted by Crippen LogP contribution is -1.89. The van der Waals surface area contributed by atoms with Crippen LogP contribution in [0.5, 0.6) is 0 Å². The first kappa shape index (κ1) is 10.4. The van der Waals surface area contributed by atoms with E-state index in [4.69, 9.17) is 4.74 Å².